The number of benzene rings is 4. The number of aliphatic hydroxyl groups excluding tert-OH is 1. The summed E-state index contributed by atoms with van der Waals surface area (Å²) in [4.78, 5) is 13.0. The Labute approximate surface area is 351 Å². The van der Waals surface area contributed by atoms with Gasteiger partial charge < -0.3 is 29.3 Å². The van der Waals surface area contributed by atoms with Gasteiger partial charge in [-0.25, -0.2) is 21.6 Å². The van der Waals surface area contributed by atoms with E-state index in [1.54, 1.807) is 101 Å². The number of carbonyl (C=O) groups is 1. The summed E-state index contributed by atoms with van der Waals surface area (Å²) in [5.74, 6) is 0.595. The van der Waals surface area contributed by atoms with E-state index >= 15 is 8.42 Å². The first-order valence-electron chi connectivity index (χ1n) is 17.8. The van der Waals surface area contributed by atoms with Crippen LogP contribution in [0.1, 0.15) is 37.5 Å². The van der Waals surface area contributed by atoms with Crippen molar-refractivity contribution in [2.45, 2.75) is 61.8 Å². The molecule has 0 unspecified atom stereocenters. The monoisotopic (exact) mass is 948 g/mol. The summed E-state index contributed by atoms with van der Waals surface area (Å²) >= 11 is 1.90. The third-order valence-corrected chi connectivity index (χ3v) is 13.8. The van der Waals surface area contributed by atoms with E-state index in [0.717, 1.165) is 14.8 Å². The van der Waals surface area contributed by atoms with Gasteiger partial charge in [0.15, 0.2) is 9.84 Å². The van der Waals surface area contributed by atoms with Crippen LogP contribution in [0.25, 0.3) is 11.4 Å². The number of methoxy groups -OCH3 is 3. The van der Waals surface area contributed by atoms with Crippen LogP contribution in [0.15, 0.2) is 94.7 Å². The molecule has 0 saturated heterocycles. The molecule has 1 aromatic heterocycles. The van der Waals surface area contributed by atoms with E-state index < -0.39 is 59.7 Å². The van der Waals surface area contributed by atoms with Gasteiger partial charge in [-0.05, 0) is 114 Å². The van der Waals surface area contributed by atoms with Crippen molar-refractivity contribution < 1.29 is 46.1 Å². The Balaban J connectivity index is 1.68. The second-order valence-electron chi connectivity index (χ2n) is 14.2. The molecule has 310 valence electrons. The van der Waals surface area contributed by atoms with Gasteiger partial charge in [-0.2, -0.15) is 9.10 Å². The summed E-state index contributed by atoms with van der Waals surface area (Å²) in [6.45, 7) is 4.02. The molecule has 1 amide bonds. The van der Waals surface area contributed by atoms with E-state index in [1.807, 2.05) is 22.6 Å². The lowest BCUT2D eigenvalue weighted by Gasteiger charge is -2.34. The van der Waals surface area contributed by atoms with Gasteiger partial charge in [-0.1, -0.05) is 36.4 Å². The zero-order chi connectivity index (χ0) is 42.4. The van der Waals surface area contributed by atoms with E-state index in [4.69, 9.17) is 14.2 Å². The zero-order valence-electron chi connectivity index (χ0n) is 32.7. The number of rotatable bonds is 17. The fourth-order valence-electron chi connectivity index (χ4n) is 6.02. The lowest BCUT2D eigenvalue weighted by atomic mass is 10.1. The number of amides is 1. The fourth-order valence-corrected chi connectivity index (χ4v) is 10.7. The summed E-state index contributed by atoms with van der Waals surface area (Å²) in [5.41, 5.74) is 0.837. The molecule has 0 aliphatic carbocycles. The Bertz CT molecular complexity index is 2370. The van der Waals surface area contributed by atoms with Crippen molar-refractivity contribution in [1.82, 2.24) is 29.4 Å². The predicted octanol–water partition coefficient (Wildman–Crippen LogP) is 5.32. The lowest BCUT2D eigenvalue weighted by Crippen LogP contribution is -2.49. The smallest absolute Gasteiger partial charge is 0.407 e. The molecule has 19 heteroatoms. The molecular formula is C39H45IN6O10S2. The number of β-amino-alcohol motifs (C(OH)–C–C–N with tert-alkyl or cyclic N) is 1. The van der Waals surface area contributed by atoms with E-state index in [-0.39, 0.29) is 31.0 Å². The van der Waals surface area contributed by atoms with Crippen LogP contribution in [0.3, 0.4) is 0 Å². The number of ether oxygens (including phenoxy) is 3. The van der Waals surface area contributed by atoms with Crippen LogP contribution in [0.2, 0.25) is 0 Å². The highest BCUT2D eigenvalue weighted by Crippen LogP contribution is 2.38. The molecule has 2 N–H and O–H groups in total. The van der Waals surface area contributed by atoms with Gasteiger partial charge in [-0.15, -0.1) is 10.2 Å². The largest absolute Gasteiger partial charge is 0.497 e. The van der Waals surface area contributed by atoms with Gasteiger partial charge >= 0.3 is 6.09 Å². The van der Waals surface area contributed by atoms with Gasteiger partial charge in [0, 0.05) is 22.2 Å². The molecule has 0 radical (unpaired) electrons. The highest BCUT2D eigenvalue weighted by molar-refractivity contribution is 14.1. The lowest BCUT2D eigenvalue weighted by molar-refractivity contribution is 0.0630. The molecule has 0 aliphatic rings. The van der Waals surface area contributed by atoms with Crippen LogP contribution in [0.4, 0.5) is 4.79 Å². The molecule has 58 heavy (non-hydrogen) atoms. The fraction of sp³-hybridized carbons (Fsp3) is 0.333. The number of nitrogens with zero attached hydrogens (tertiary/aromatic N) is 6. The third-order valence-electron chi connectivity index (χ3n) is 9.04. The zero-order valence-corrected chi connectivity index (χ0v) is 36.5. The maximum absolute atomic E-state index is 15.4. The summed E-state index contributed by atoms with van der Waals surface area (Å²) in [6, 6.07) is 23.3. The van der Waals surface area contributed by atoms with Crippen molar-refractivity contribution in [3.63, 3.8) is 0 Å². The number of sulfone groups is 1. The Morgan fingerprint density at radius 2 is 1.28 bits per heavy atom. The van der Waals surface area contributed by atoms with Crippen molar-refractivity contribution >= 4 is 48.5 Å². The third kappa shape index (κ3) is 10.6. The molecule has 0 spiro atoms. The topological polar surface area (TPSA) is 204 Å². The van der Waals surface area contributed by atoms with Crippen LogP contribution >= 0.6 is 22.6 Å². The van der Waals surface area contributed by atoms with Gasteiger partial charge in [0.1, 0.15) is 22.1 Å². The van der Waals surface area contributed by atoms with Crippen molar-refractivity contribution in [3.8, 4) is 28.6 Å². The van der Waals surface area contributed by atoms with E-state index in [9.17, 15) is 23.4 Å². The van der Waals surface area contributed by atoms with Crippen molar-refractivity contribution in [1.29, 1.82) is 0 Å². The minimum Gasteiger partial charge on any atom is -0.497 e. The van der Waals surface area contributed by atoms with Crippen molar-refractivity contribution in [2.75, 3.05) is 33.6 Å². The molecule has 0 saturated carbocycles. The Hall–Kier alpha value is -4.83. The molecule has 4 aromatic carbocycles. The highest BCUT2D eigenvalue weighted by Gasteiger charge is 2.39. The molecule has 0 bridgehead atoms. The van der Waals surface area contributed by atoms with Crippen molar-refractivity contribution in [3.05, 3.63) is 105 Å². The van der Waals surface area contributed by atoms with E-state index in [0.29, 0.717) is 31.9 Å². The Kier molecular flexibility index (Phi) is 14.0. The van der Waals surface area contributed by atoms with E-state index in [1.165, 1.54) is 31.1 Å². The number of carboxylic acid groups (broad SMARTS) is 1. The van der Waals surface area contributed by atoms with Gasteiger partial charge in [-0.3, -0.25) is 0 Å². The number of hydrogen-bond acceptors (Lipinski definition) is 12. The highest BCUT2D eigenvalue weighted by atomic mass is 127. The number of tetrazole rings is 1. The second-order valence-corrected chi connectivity index (χ2v) is 19.2. The number of hydrogen-bond donors (Lipinski definition) is 2. The maximum Gasteiger partial charge on any atom is 0.407 e. The normalized spacial score (nSPS) is 12.6. The second kappa shape index (κ2) is 18.4. The Morgan fingerprint density at radius 1 is 0.793 bits per heavy atom. The molecule has 1 atom stereocenters. The van der Waals surface area contributed by atoms with Gasteiger partial charge in [0.05, 0.1) is 56.7 Å². The van der Waals surface area contributed by atoms with Crippen LogP contribution < -0.4 is 14.2 Å². The van der Waals surface area contributed by atoms with Crippen LogP contribution in [-0.4, -0.2) is 108 Å². The summed E-state index contributed by atoms with van der Waals surface area (Å²) in [5, 5.41) is 33.9. The van der Waals surface area contributed by atoms with Gasteiger partial charge in [0.2, 0.25) is 15.8 Å². The SMILES string of the molecule is COc1ccc(CN(Cc2ccc(OC)cc2)S(=O)(=O)c2c(S(=O)(=O)C[C@H](O)CN(C(=O)O)C(C)(C)C)ccc(I)c2-c2nnn(Cc3ccc(OC)cc3)n2)cc1. The average molecular weight is 949 g/mol. The summed E-state index contributed by atoms with van der Waals surface area (Å²) < 4.78 is 77.1. The van der Waals surface area contributed by atoms with Gasteiger partial charge in [0.25, 0.3) is 0 Å². The molecule has 1 heterocycles. The maximum atomic E-state index is 15.4. The Morgan fingerprint density at radius 3 is 1.72 bits per heavy atom. The predicted molar refractivity (Wildman–Crippen MR) is 223 cm³/mol. The van der Waals surface area contributed by atoms with Crippen molar-refractivity contribution in [2.24, 2.45) is 0 Å². The summed E-state index contributed by atoms with van der Waals surface area (Å²) in [7, 11) is -4.95. The minimum absolute atomic E-state index is 0.117. The molecule has 5 aromatic rings. The quantitative estimate of drug-likeness (QED) is 0.114. The summed E-state index contributed by atoms with van der Waals surface area (Å²) in [6.07, 6.45) is -3.09. The number of aliphatic hydroxyl groups is 1. The number of sulfonamides is 1. The first kappa shape index (κ1) is 44.3. The van der Waals surface area contributed by atoms with Crippen LogP contribution in [0, 0.1) is 3.57 Å². The molecule has 5 rings (SSSR count). The number of halogens is 1. The molecular weight excluding hydrogens is 903 g/mol. The minimum atomic E-state index is -4.83. The standard InChI is InChI=1S/C39H45IN6O10S2/c1-39(2,3)45(38(48)49)24-29(47)25-57(50,51)34-20-19-33(40)35(37-41-43-46(42-37)23-28-11-17-32(56-6)18-12-28)36(34)58(52,53)44(21-26-7-13-30(54-4)14-8-26)22-27-9-15-31(55-5)16-10-27/h7-20,29,47H,21-25H2,1-6H3,(H,48,49)/t29-/m1/s1. The van der Waals surface area contributed by atoms with Crippen LogP contribution in [-0.2, 0) is 39.5 Å². The van der Waals surface area contributed by atoms with E-state index in [2.05, 4.69) is 15.4 Å². The first-order chi connectivity index (χ1) is 27.4. The molecule has 0 fully saturated rings. The average Bonchev–Trinajstić information content (AvgIpc) is 3.64. The molecule has 0 aliphatic heterocycles. The number of aromatic nitrogens is 4. The first-order valence-corrected chi connectivity index (χ1v) is 21.9. The van der Waals surface area contributed by atoms with Crippen LogP contribution in [0.5, 0.6) is 17.2 Å². The molecule has 16 nitrogen and oxygen atoms in total.